The summed E-state index contributed by atoms with van der Waals surface area (Å²) in [4.78, 5) is 16.3. The molecule has 1 aliphatic rings. The fraction of sp³-hybridized carbons (Fsp3) is 0.471. The van der Waals surface area contributed by atoms with Crippen LogP contribution in [0.3, 0.4) is 0 Å². The fourth-order valence-electron chi connectivity index (χ4n) is 3.01. The van der Waals surface area contributed by atoms with Gasteiger partial charge in [0, 0.05) is 13.5 Å². The topological polar surface area (TPSA) is 66.2 Å². The average Bonchev–Trinajstić information content (AvgIpc) is 3.09. The zero-order valence-corrected chi connectivity index (χ0v) is 13.4. The first-order valence-electron chi connectivity index (χ1n) is 7.87. The molecule has 0 radical (unpaired) electrons. The van der Waals surface area contributed by atoms with E-state index in [1.165, 1.54) is 6.33 Å². The maximum Gasteiger partial charge on any atom is 0.338 e. The minimum atomic E-state index is -0.278. The van der Waals surface area contributed by atoms with Gasteiger partial charge in [-0.1, -0.05) is 0 Å². The van der Waals surface area contributed by atoms with Crippen LogP contribution in [0.5, 0.6) is 0 Å². The third-order valence-corrected chi connectivity index (χ3v) is 4.28. The van der Waals surface area contributed by atoms with Crippen molar-refractivity contribution in [3.05, 3.63) is 42.0 Å². The molecule has 122 valence electrons. The molecule has 0 aliphatic heterocycles. The van der Waals surface area contributed by atoms with E-state index in [1.807, 2.05) is 19.1 Å². The summed E-state index contributed by atoms with van der Waals surface area (Å²) in [5, 5.41) is 4.11. The zero-order valence-electron chi connectivity index (χ0n) is 13.4. The second kappa shape index (κ2) is 6.91. The lowest BCUT2D eigenvalue weighted by atomic mass is 9.95. The molecule has 0 unspecified atom stereocenters. The summed E-state index contributed by atoms with van der Waals surface area (Å²) in [7, 11) is 1.71. The molecule has 3 rings (SSSR count). The van der Waals surface area contributed by atoms with Crippen LogP contribution in [0.1, 0.15) is 41.6 Å². The van der Waals surface area contributed by atoms with Crippen molar-refractivity contribution in [3.8, 4) is 5.69 Å². The van der Waals surface area contributed by atoms with Gasteiger partial charge in [-0.15, -0.1) is 0 Å². The second-order valence-corrected chi connectivity index (χ2v) is 5.89. The Morgan fingerprint density at radius 3 is 2.83 bits per heavy atom. The summed E-state index contributed by atoms with van der Waals surface area (Å²) >= 11 is 0. The fourth-order valence-corrected chi connectivity index (χ4v) is 3.01. The highest BCUT2D eigenvalue weighted by Crippen LogP contribution is 2.24. The van der Waals surface area contributed by atoms with E-state index in [1.54, 1.807) is 24.2 Å². The Labute approximate surface area is 135 Å². The van der Waals surface area contributed by atoms with Gasteiger partial charge in [0.2, 0.25) is 0 Å². The number of benzene rings is 1. The van der Waals surface area contributed by atoms with E-state index in [-0.39, 0.29) is 18.2 Å². The number of aromatic nitrogens is 3. The Morgan fingerprint density at radius 1 is 1.30 bits per heavy atom. The van der Waals surface area contributed by atoms with Gasteiger partial charge < -0.3 is 9.47 Å². The van der Waals surface area contributed by atoms with E-state index in [4.69, 9.17) is 9.47 Å². The smallest absolute Gasteiger partial charge is 0.338 e. The van der Waals surface area contributed by atoms with Crippen molar-refractivity contribution in [1.82, 2.24) is 14.8 Å². The maximum absolute atomic E-state index is 12.4. The molecular formula is C17H21N3O3. The van der Waals surface area contributed by atoms with Gasteiger partial charge in [-0.05, 0) is 49.9 Å². The van der Waals surface area contributed by atoms with Gasteiger partial charge in [-0.3, -0.25) is 0 Å². The van der Waals surface area contributed by atoms with Gasteiger partial charge in [0.1, 0.15) is 18.8 Å². The first kappa shape index (κ1) is 15.7. The summed E-state index contributed by atoms with van der Waals surface area (Å²) in [6.45, 7) is 1.94. The van der Waals surface area contributed by atoms with Crippen molar-refractivity contribution in [3.63, 3.8) is 0 Å². The van der Waals surface area contributed by atoms with Crippen molar-refractivity contribution in [2.45, 2.75) is 44.8 Å². The van der Waals surface area contributed by atoms with Gasteiger partial charge in [-0.2, -0.15) is 5.10 Å². The molecule has 1 aromatic heterocycles. The molecule has 0 amide bonds. The first-order valence-corrected chi connectivity index (χ1v) is 7.87. The van der Waals surface area contributed by atoms with Crippen molar-refractivity contribution in [2.75, 3.05) is 7.11 Å². The second-order valence-electron chi connectivity index (χ2n) is 5.89. The minimum absolute atomic E-state index is 0.0588. The van der Waals surface area contributed by atoms with E-state index in [0.717, 1.165) is 36.9 Å². The van der Waals surface area contributed by atoms with Crippen molar-refractivity contribution in [1.29, 1.82) is 0 Å². The third-order valence-electron chi connectivity index (χ3n) is 4.28. The number of carbonyl (C=O) groups is 1. The zero-order chi connectivity index (χ0) is 16.2. The van der Waals surface area contributed by atoms with Gasteiger partial charge in [0.15, 0.2) is 0 Å². The van der Waals surface area contributed by atoms with Crippen LogP contribution in [0.2, 0.25) is 0 Å². The van der Waals surface area contributed by atoms with Crippen LogP contribution >= 0.6 is 0 Å². The van der Waals surface area contributed by atoms with E-state index in [2.05, 4.69) is 10.1 Å². The Balaban J connectivity index is 1.69. The lowest BCUT2D eigenvalue weighted by molar-refractivity contribution is -0.0149. The summed E-state index contributed by atoms with van der Waals surface area (Å²) in [6.07, 6.45) is 7.00. The highest BCUT2D eigenvalue weighted by molar-refractivity contribution is 5.90. The van der Waals surface area contributed by atoms with Gasteiger partial charge in [0.25, 0.3) is 0 Å². The molecule has 1 aromatic carbocycles. The number of esters is 1. The van der Waals surface area contributed by atoms with Crippen molar-refractivity contribution < 1.29 is 14.3 Å². The Hall–Kier alpha value is -2.21. The van der Waals surface area contributed by atoms with Crippen LogP contribution in [-0.2, 0) is 9.47 Å². The normalized spacial score (nSPS) is 21.1. The minimum Gasteiger partial charge on any atom is -0.459 e. The van der Waals surface area contributed by atoms with Crippen LogP contribution in [0, 0.1) is 6.92 Å². The molecule has 1 heterocycles. The van der Waals surface area contributed by atoms with Crippen LogP contribution in [0.15, 0.2) is 30.9 Å². The number of rotatable bonds is 4. The molecule has 6 heteroatoms. The maximum atomic E-state index is 12.4. The number of methoxy groups -OCH3 is 1. The molecule has 1 saturated carbocycles. The molecule has 1 aliphatic carbocycles. The molecule has 1 fully saturated rings. The molecule has 2 aromatic rings. The van der Waals surface area contributed by atoms with E-state index in [0.29, 0.717) is 5.56 Å². The van der Waals surface area contributed by atoms with Crippen LogP contribution in [0.25, 0.3) is 5.69 Å². The Bertz CT molecular complexity index is 670. The largest absolute Gasteiger partial charge is 0.459 e. The van der Waals surface area contributed by atoms with Gasteiger partial charge in [-0.25, -0.2) is 14.5 Å². The molecule has 0 N–H and O–H groups in total. The third kappa shape index (κ3) is 3.59. The predicted molar refractivity (Wildman–Crippen MR) is 84.6 cm³/mol. The molecule has 0 spiro atoms. The number of hydrogen-bond donors (Lipinski definition) is 0. The number of carbonyl (C=O) groups excluding carboxylic acids is 1. The summed E-state index contributed by atoms with van der Waals surface area (Å²) in [5.74, 6) is -0.278. The number of ether oxygens (including phenoxy) is 2. The summed E-state index contributed by atoms with van der Waals surface area (Å²) in [6, 6.07) is 5.46. The van der Waals surface area contributed by atoms with E-state index in [9.17, 15) is 4.79 Å². The molecule has 0 bridgehead atoms. The standard InChI is InChI=1S/C17H21N3O3/c1-12-8-13(6-7-16(12)20-11-18-10-19-20)17(21)23-15-5-3-4-14(9-15)22-2/h6-8,10-11,14-15H,3-5,9H2,1-2H3/t14-,15+/m1/s1. The van der Waals surface area contributed by atoms with E-state index >= 15 is 0 Å². The number of hydrogen-bond acceptors (Lipinski definition) is 5. The van der Waals surface area contributed by atoms with Gasteiger partial charge in [0.05, 0.1) is 17.4 Å². The Morgan fingerprint density at radius 2 is 2.13 bits per heavy atom. The molecular weight excluding hydrogens is 294 g/mol. The van der Waals surface area contributed by atoms with Crippen molar-refractivity contribution in [2.24, 2.45) is 0 Å². The van der Waals surface area contributed by atoms with Crippen LogP contribution < -0.4 is 0 Å². The number of aryl methyl sites for hydroxylation is 1. The lowest BCUT2D eigenvalue weighted by Crippen LogP contribution is -2.29. The predicted octanol–water partition coefficient (Wildman–Crippen LogP) is 2.69. The van der Waals surface area contributed by atoms with Crippen molar-refractivity contribution >= 4 is 5.97 Å². The molecule has 6 nitrogen and oxygen atoms in total. The SMILES string of the molecule is CO[C@@H]1CCC[C@H](OC(=O)c2ccc(-n3cncn3)c(C)c2)C1. The average molecular weight is 315 g/mol. The monoisotopic (exact) mass is 315 g/mol. The Kier molecular flexibility index (Phi) is 4.71. The highest BCUT2D eigenvalue weighted by atomic mass is 16.5. The van der Waals surface area contributed by atoms with Crippen LogP contribution in [0.4, 0.5) is 0 Å². The first-order chi connectivity index (χ1) is 11.2. The molecule has 2 atom stereocenters. The number of nitrogens with zero attached hydrogens (tertiary/aromatic N) is 3. The quantitative estimate of drug-likeness (QED) is 0.812. The summed E-state index contributed by atoms with van der Waals surface area (Å²) < 4.78 is 12.7. The summed E-state index contributed by atoms with van der Waals surface area (Å²) in [5.41, 5.74) is 2.41. The highest BCUT2D eigenvalue weighted by Gasteiger charge is 2.25. The van der Waals surface area contributed by atoms with Crippen LogP contribution in [-0.4, -0.2) is 40.1 Å². The molecule has 23 heavy (non-hydrogen) atoms. The molecule has 0 saturated heterocycles. The van der Waals surface area contributed by atoms with Gasteiger partial charge >= 0.3 is 5.97 Å². The lowest BCUT2D eigenvalue weighted by Gasteiger charge is -2.27. The van der Waals surface area contributed by atoms with E-state index < -0.39 is 0 Å².